The minimum absolute atomic E-state index is 0.562. The molecule has 2 fully saturated rings. The van der Waals surface area contributed by atoms with E-state index < -0.39 is 0 Å². The van der Waals surface area contributed by atoms with Crippen LogP contribution in [0.5, 0.6) is 5.75 Å². The van der Waals surface area contributed by atoms with Crippen LogP contribution < -0.4 is 4.74 Å². The van der Waals surface area contributed by atoms with Gasteiger partial charge in [0.1, 0.15) is 5.75 Å². The van der Waals surface area contributed by atoms with Crippen LogP contribution in [0, 0.1) is 5.92 Å². The van der Waals surface area contributed by atoms with Crippen molar-refractivity contribution in [3.05, 3.63) is 64.9 Å². The number of benzene rings is 2. The van der Waals surface area contributed by atoms with E-state index in [9.17, 15) is 0 Å². The molecule has 5 rings (SSSR count). The van der Waals surface area contributed by atoms with Gasteiger partial charge in [0.2, 0.25) is 0 Å². The van der Waals surface area contributed by atoms with Gasteiger partial charge in [0.15, 0.2) is 0 Å². The Bertz CT molecular complexity index is 885. The maximum absolute atomic E-state index is 6.46. The summed E-state index contributed by atoms with van der Waals surface area (Å²) in [5.74, 6) is 2.21. The lowest BCUT2D eigenvalue weighted by atomic mass is 9.77. The van der Waals surface area contributed by atoms with E-state index >= 15 is 0 Å². The van der Waals surface area contributed by atoms with Crippen molar-refractivity contribution in [2.24, 2.45) is 5.92 Å². The molecule has 0 N–H and O–H groups in total. The number of hydrogen-bond donors (Lipinski definition) is 0. The first kappa shape index (κ1) is 16.3. The van der Waals surface area contributed by atoms with Crippen LogP contribution in [0.25, 0.3) is 10.8 Å². The zero-order valence-corrected chi connectivity index (χ0v) is 16.0. The molecule has 2 aliphatic rings. The average Bonchev–Trinajstić information content (AvgIpc) is 3.28. The van der Waals surface area contributed by atoms with Gasteiger partial charge in [0, 0.05) is 23.4 Å². The van der Waals surface area contributed by atoms with Crippen LogP contribution >= 0.6 is 11.3 Å². The van der Waals surface area contributed by atoms with Crippen LogP contribution in [0.4, 0.5) is 0 Å². The largest absolute Gasteiger partial charge is 0.493 e. The molecule has 3 aromatic rings. The third-order valence-electron chi connectivity index (χ3n) is 6.58. The van der Waals surface area contributed by atoms with Gasteiger partial charge in [-0.25, -0.2) is 0 Å². The zero-order chi connectivity index (χ0) is 17.5. The van der Waals surface area contributed by atoms with Crippen molar-refractivity contribution < 1.29 is 4.74 Å². The first-order chi connectivity index (χ1) is 12.8. The molecule has 3 heteroatoms. The van der Waals surface area contributed by atoms with E-state index in [2.05, 4.69) is 71.2 Å². The van der Waals surface area contributed by atoms with Crippen LogP contribution in [0.3, 0.4) is 0 Å². The maximum atomic E-state index is 6.46. The van der Waals surface area contributed by atoms with Gasteiger partial charge in [-0.05, 0) is 66.1 Å². The third kappa shape index (κ3) is 2.74. The lowest BCUT2D eigenvalue weighted by Crippen LogP contribution is -2.47. The first-order valence-corrected chi connectivity index (χ1v) is 10.6. The molecule has 0 aliphatic carbocycles. The number of fused-ring (bicyclic) bond motifs is 3. The molecule has 0 saturated carbocycles. The molecule has 2 bridgehead atoms. The number of thiophene rings is 1. The molecule has 2 aromatic carbocycles. The van der Waals surface area contributed by atoms with Crippen molar-refractivity contribution in [1.29, 1.82) is 0 Å². The summed E-state index contributed by atoms with van der Waals surface area (Å²) in [5, 5.41) is 7.04. The predicted octanol–water partition coefficient (Wildman–Crippen LogP) is 5.55. The minimum atomic E-state index is 0.562. The average molecular weight is 364 g/mol. The highest BCUT2D eigenvalue weighted by Gasteiger charge is 2.46. The molecule has 0 radical (unpaired) electrons. The summed E-state index contributed by atoms with van der Waals surface area (Å²) in [6.45, 7) is 0.802. The lowest BCUT2D eigenvalue weighted by Gasteiger charge is -2.42. The zero-order valence-electron chi connectivity index (χ0n) is 15.2. The lowest BCUT2D eigenvalue weighted by molar-refractivity contribution is 0.0671. The van der Waals surface area contributed by atoms with Gasteiger partial charge in [0.25, 0.3) is 0 Å². The van der Waals surface area contributed by atoms with E-state index in [0.717, 1.165) is 18.4 Å². The summed E-state index contributed by atoms with van der Waals surface area (Å²) < 4.78 is 6.46. The maximum Gasteiger partial charge on any atom is 0.127 e. The highest BCUT2D eigenvalue weighted by molar-refractivity contribution is 7.08. The van der Waals surface area contributed by atoms with E-state index in [4.69, 9.17) is 4.74 Å². The smallest absolute Gasteiger partial charge is 0.127 e. The minimum Gasteiger partial charge on any atom is -0.493 e. The van der Waals surface area contributed by atoms with Gasteiger partial charge in [-0.2, -0.15) is 11.3 Å². The number of piperidine rings is 1. The van der Waals surface area contributed by atoms with Crippen molar-refractivity contribution >= 4 is 22.1 Å². The van der Waals surface area contributed by atoms with Crippen LogP contribution in [0.2, 0.25) is 0 Å². The Kier molecular flexibility index (Phi) is 4.22. The Morgan fingerprint density at radius 1 is 1.08 bits per heavy atom. The Morgan fingerprint density at radius 3 is 2.85 bits per heavy atom. The summed E-state index contributed by atoms with van der Waals surface area (Å²) in [7, 11) is 2.32. The van der Waals surface area contributed by atoms with E-state index in [-0.39, 0.29) is 0 Å². The molecule has 134 valence electrons. The molecule has 2 aliphatic heterocycles. The van der Waals surface area contributed by atoms with Crippen molar-refractivity contribution in [2.75, 3.05) is 13.7 Å². The van der Waals surface area contributed by atoms with Crippen LogP contribution in [-0.2, 0) is 0 Å². The molecular weight excluding hydrogens is 338 g/mol. The van der Waals surface area contributed by atoms with Crippen LogP contribution in [-0.4, -0.2) is 30.6 Å². The van der Waals surface area contributed by atoms with Crippen molar-refractivity contribution in [1.82, 2.24) is 4.90 Å². The van der Waals surface area contributed by atoms with Gasteiger partial charge in [-0.3, -0.25) is 0 Å². The second-order valence-corrected chi connectivity index (χ2v) is 8.60. The highest BCUT2D eigenvalue weighted by atomic mass is 32.1. The number of hydrogen-bond acceptors (Lipinski definition) is 3. The molecule has 0 amide bonds. The van der Waals surface area contributed by atoms with Gasteiger partial charge in [-0.1, -0.05) is 36.4 Å². The Hall–Kier alpha value is -1.84. The predicted molar refractivity (Wildman–Crippen MR) is 109 cm³/mol. The van der Waals surface area contributed by atoms with Crippen molar-refractivity contribution in [3.8, 4) is 5.75 Å². The van der Waals surface area contributed by atoms with E-state index in [0.29, 0.717) is 17.9 Å². The van der Waals surface area contributed by atoms with Crippen molar-refractivity contribution in [3.63, 3.8) is 0 Å². The first-order valence-electron chi connectivity index (χ1n) is 9.66. The molecule has 3 heterocycles. The monoisotopic (exact) mass is 363 g/mol. The summed E-state index contributed by atoms with van der Waals surface area (Å²) in [6, 6.07) is 18.6. The summed E-state index contributed by atoms with van der Waals surface area (Å²) >= 11 is 1.82. The van der Waals surface area contributed by atoms with Gasteiger partial charge >= 0.3 is 0 Å². The molecule has 2 saturated heterocycles. The van der Waals surface area contributed by atoms with Crippen LogP contribution in [0.15, 0.2) is 59.3 Å². The standard InChI is InChI=1S/C23H25NOS/c1-24-18-9-10-22(24)21(20(13-18)17-11-12-26-15-17)14-25-23-8-4-6-16-5-2-3-7-19(16)23/h2-8,11-12,15,18,20-22H,9-10,13-14H2,1H3/t18?,20-,21-,22?/m0/s1. The molecule has 2 nitrogen and oxygen atoms in total. The molecular formula is C23H25NOS. The third-order valence-corrected chi connectivity index (χ3v) is 7.29. The van der Waals surface area contributed by atoms with E-state index in [1.54, 1.807) is 0 Å². The van der Waals surface area contributed by atoms with E-state index in [1.165, 1.54) is 35.6 Å². The fraction of sp³-hybridized carbons (Fsp3) is 0.391. The Balaban J connectivity index is 1.43. The second kappa shape index (κ2) is 6.71. The van der Waals surface area contributed by atoms with Gasteiger partial charge < -0.3 is 9.64 Å². The quantitative estimate of drug-likeness (QED) is 0.603. The Labute approximate surface area is 159 Å². The second-order valence-electron chi connectivity index (χ2n) is 7.82. The molecule has 1 aromatic heterocycles. The normalized spacial score (nSPS) is 28.5. The molecule has 4 atom stereocenters. The molecule has 2 unspecified atom stereocenters. The molecule has 0 spiro atoms. The van der Waals surface area contributed by atoms with E-state index in [1.807, 2.05) is 11.3 Å². The topological polar surface area (TPSA) is 12.5 Å². The SMILES string of the molecule is CN1C2CCC1[C@@H](COc1cccc3ccccc13)[C@H](c1ccsc1)C2. The van der Waals surface area contributed by atoms with Crippen molar-refractivity contribution in [2.45, 2.75) is 37.3 Å². The van der Waals surface area contributed by atoms with Crippen LogP contribution in [0.1, 0.15) is 30.7 Å². The highest BCUT2D eigenvalue weighted by Crippen LogP contribution is 2.46. The number of rotatable bonds is 4. The number of nitrogens with zero attached hydrogens (tertiary/aromatic N) is 1. The molecule has 26 heavy (non-hydrogen) atoms. The fourth-order valence-electron chi connectivity index (χ4n) is 5.18. The number of ether oxygens (including phenoxy) is 1. The van der Waals surface area contributed by atoms with Gasteiger partial charge in [-0.15, -0.1) is 0 Å². The summed E-state index contributed by atoms with van der Waals surface area (Å²) in [5.41, 5.74) is 1.52. The summed E-state index contributed by atoms with van der Waals surface area (Å²) in [4.78, 5) is 2.62. The summed E-state index contributed by atoms with van der Waals surface area (Å²) in [6.07, 6.45) is 3.92. The van der Waals surface area contributed by atoms with Gasteiger partial charge in [0.05, 0.1) is 6.61 Å². The fourth-order valence-corrected chi connectivity index (χ4v) is 5.91. The Morgan fingerprint density at radius 2 is 1.96 bits per heavy atom.